The molecule has 5 nitrogen and oxygen atoms in total. The summed E-state index contributed by atoms with van der Waals surface area (Å²) in [5.41, 5.74) is 6.61. The van der Waals surface area contributed by atoms with E-state index in [9.17, 15) is 9.59 Å². The Morgan fingerprint density at radius 1 is 1.38 bits per heavy atom. The number of hydrogen-bond donors (Lipinski definition) is 2. The Hall–Kier alpha value is -1.11. The number of amides is 2. The van der Waals surface area contributed by atoms with Crippen LogP contribution in [0, 0.1) is 0 Å². The average Bonchev–Trinajstić information content (AvgIpc) is 2.92. The van der Waals surface area contributed by atoms with Gasteiger partial charge >= 0.3 is 0 Å². The summed E-state index contributed by atoms with van der Waals surface area (Å²) in [5, 5.41) is 4.84. The van der Waals surface area contributed by atoms with Crippen LogP contribution >= 0.6 is 23.7 Å². The molecule has 2 heterocycles. The highest BCUT2D eigenvalue weighted by Gasteiger charge is 2.21. The van der Waals surface area contributed by atoms with Crippen molar-refractivity contribution in [1.82, 2.24) is 10.2 Å². The number of nitrogens with two attached hydrogens (primary N) is 1. The molecule has 21 heavy (non-hydrogen) atoms. The minimum Gasteiger partial charge on any atom is -0.356 e. The molecule has 0 saturated carbocycles. The molecule has 0 atom stereocenters. The van der Waals surface area contributed by atoms with Gasteiger partial charge in [-0.25, -0.2) is 0 Å². The molecule has 0 radical (unpaired) electrons. The van der Waals surface area contributed by atoms with E-state index < -0.39 is 0 Å². The molecule has 0 spiro atoms. The van der Waals surface area contributed by atoms with Gasteiger partial charge in [0.05, 0.1) is 0 Å². The van der Waals surface area contributed by atoms with Gasteiger partial charge in [0, 0.05) is 37.4 Å². The first kappa shape index (κ1) is 17.9. The van der Waals surface area contributed by atoms with Crippen molar-refractivity contribution in [2.75, 3.05) is 19.6 Å². The van der Waals surface area contributed by atoms with Crippen molar-refractivity contribution in [3.05, 3.63) is 21.9 Å². The minimum atomic E-state index is -0.0694. The van der Waals surface area contributed by atoms with Crippen LogP contribution in [0.3, 0.4) is 0 Å². The monoisotopic (exact) mass is 331 g/mol. The van der Waals surface area contributed by atoms with Gasteiger partial charge in [-0.1, -0.05) is 0 Å². The molecule has 0 bridgehead atoms. The standard InChI is InChI=1S/C14H21N3O2S.ClH/c15-6-1-7-16-13(18)2-3-14(19)17-8-4-12-11(10-17)5-9-20-12;/h5,9H,1-4,6-8,10,15H2,(H,16,18);1H. The molecule has 118 valence electrons. The second-order valence-electron chi connectivity index (χ2n) is 4.93. The van der Waals surface area contributed by atoms with E-state index in [0.717, 1.165) is 19.4 Å². The number of nitrogens with zero attached hydrogens (tertiary/aromatic N) is 1. The maximum Gasteiger partial charge on any atom is 0.223 e. The molecular formula is C14H22ClN3O2S. The molecule has 7 heteroatoms. The van der Waals surface area contributed by atoms with Gasteiger partial charge in [-0.2, -0.15) is 0 Å². The highest BCUT2D eigenvalue weighted by Crippen LogP contribution is 2.24. The Labute approximate surface area is 135 Å². The normalized spacial score (nSPS) is 13.3. The Kier molecular flexibility index (Phi) is 7.71. The number of rotatable bonds is 6. The number of carbonyl (C=O) groups is 2. The van der Waals surface area contributed by atoms with Gasteiger partial charge in [-0.3, -0.25) is 9.59 Å². The summed E-state index contributed by atoms with van der Waals surface area (Å²) in [5.74, 6) is -0.00384. The zero-order valence-corrected chi connectivity index (χ0v) is 13.6. The molecule has 1 aliphatic heterocycles. The molecule has 2 rings (SSSR count). The number of thiophene rings is 1. The van der Waals surface area contributed by atoms with E-state index in [1.165, 1.54) is 10.4 Å². The fourth-order valence-electron chi connectivity index (χ4n) is 2.26. The third-order valence-corrected chi connectivity index (χ3v) is 4.45. The van der Waals surface area contributed by atoms with Gasteiger partial charge in [-0.15, -0.1) is 23.7 Å². The fourth-order valence-corrected chi connectivity index (χ4v) is 3.15. The molecule has 0 saturated heterocycles. The molecule has 2 amide bonds. The Bertz CT molecular complexity index is 479. The molecule has 1 aliphatic rings. The predicted molar refractivity (Wildman–Crippen MR) is 86.6 cm³/mol. The lowest BCUT2D eigenvalue weighted by Crippen LogP contribution is -2.36. The van der Waals surface area contributed by atoms with E-state index in [0.29, 0.717) is 19.6 Å². The van der Waals surface area contributed by atoms with Crippen molar-refractivity contribution in [3.63, 3.8) is 0 Å². The van der Waals surface area contributed by atoms with Crippen molar-refractivity contribution < 1.29 is 9.59 Å². The summed E-state index contributed by atoms with van der Waals surface area (Å²) < 4.78 is 0. The zero-order chi connectivity index (χ0) is 14.4. The third-order valence-electron chi connectivity index (χ3n) is 3.43. The number of halogens is 1. The first-order chi connectivity index (χ1) is 9.70. The highest BCUT2D eigenvalue weighted by atomic mass is 35.5. The van der Waals surface area contributed by atoms with Crippen LogP contribution in [0.25, 0.3) is 0 Å². The van der Waals surface area contributed by atoms with Crippen molar-refractivity contribution in [3.8, 4) is 0 Å². The lowest BCUT2D eigenvalue weighted by atomic mass is 10.1. The second kappa shape index (κ2) is 9.02. The van der Waals surface area contributed by atoms with Gasteiger partial charge in [0.2, 0.25) is 11.8 Å². The van der Waals surface area contributed by atoms with E-state index >= 15 is 0 Å². The maximum atomic E-state index is 12.1. The largest absolute Gasteiger partial charge is 0.356 e. The van der Waals surface area contributed by atoms with Crippen LogP contribution in [0.2, 0.25) is 0 Å². The quantitative estimate of drug-likeness (QED) is 0.771. The Balaban J connectivity index is 0.00000220. The first-order valence-corrected chi connectivity index (χ1v) is 7.88. The van der Waals surface area contributed by atoms with Crippen LogP contribution in [0.4, 0.5) is 0 Å². The summed E-state index contributed by atoms with van der Waals surface area (Å²) in [7, 11) is 0. The molecule has 0 fully saturated rings. The second-order valence-corrected chi connectivity index (χ2v) is 5.93. The Morgan fingerprint density at radius 3 is 2.95 bits per heavy atom. The summed E-state index contributed by atoms with van der Waals surface area (Å²) in [6.07, 6.45) is 2.25. The van der Waals surface area contributed by atoms with Crippen LogP contribution in [-0.4, -0.2) is 36.3 Å². The van der Waals surface area contributed by atoms with E-state index in [1.807, 2.05) is 4.90 Å². The van der Waals surface area contributed by atoms with Gasteiger partial charge in [0.15, 0.2) is 0 Å². The summed E-state index contributed by atoms with van der Waals surface area (Å²) in [4.78, 5) is 26.9. The van der Waals surface area contributed by atoms with Crippen LogP contribution in [0.5, 0.6) is 0 Å². The molecule has 0 aromatic carbocycles. The molecule has 0 aliphatic carbocycles. The number of fused-ring (bicyclic) bond motifs is 1. The van der Waals surface area contributed by atoms with Crippen molar-refractivity contribution in [1.29, 1.82) is 0 Å². The smallest absolute Gasteiger partial charge is 0.223 e. The van der Waals surface area contributed by atoms with Gasteiger partial charge < -0.3 is 16.0 Å². The van der Waals surface area contributed by atoms with Crippen LogP contribution in [0.15, 0.2) is 11.4 Å². The molecular weight excluding hydrogens is 310 g/mol. The Morgan fingerprint density at radius 2 is 2.19 bits per heavy atom. The highest BCUT2D eigenvalue weighted by molar-refractivity contribution is 7.10. The number of hydrogen-bond acceptors (Lipinski definition) is 4. The SMILES string of the molecule is Cl.NCCCNC(=O)CCC(=O)N1CCc2sccc2C1. The lowest BCUT2D eigenvalue weighted by Gasteiger charge is -2.27. The molecule has 1 aromatic rings. The van der Waals surface area contributed by atoms with E-state index in [-0.39, 0.29) is 37.1 Å². The molecule has 0 unspecified atom stereocenters. The summed E-state index contributed by atoms with van der Waals surface area (Å²) >= 11 is 1.76. The number of nitrogens with one attached hydrogen (secondary N) is 1. The lowest BCUT2D eigenvalue weighted by molar-refractivity contribution is -0.134. The topological polar surface area (TPSA) is 75.4 Å². The molecule has 3 N–H and O–H groups in total. The van der Waals surface area contributed by atoms with Crippen molar-refractivity contribution in [2.45, 2.75) is 32.2 Å². The van der Waals surface area contributed by atoms with E-state index in [4.69, 9.17) is 5.73 Å². The average molecular weight is 332 g/mol. The van der Waals surface area contributed by atoms with Crippen LogP contribution in [-0.2, 0) is 22.6 Å². The van der Waals surface area contributed by atoms with Crippen molar-refractivity contribution in [2.24, 2.45) is 5.73 Å². The maximum absolute atomic E-state index is 12.1. The first-order valence-electron chi connectivity index (χ1n) is 7.00. The predicted octanol–water partition coefficient (Wildman–Crippen LogP) is 1.30. The summed E-state index contributed by atoms with van der Waals surface area (Å²) in [6, 6.07) is 2.08. The van der Waals surface area contributed by atoms with Gasteiger partial charge in [0.25, 0.3) is 0 Å². The van der Waals surface area contributed by atoms with Gasteiger partial charge in [-0.05, 0) is 36.4 Å². The van der Waals surface area contributed by atoms with Crippen molar-refractivity contribution >= 4 is 35.6 Å². The number of carbonyl (C=O) groups excluding carboxylic acids is 2. The van der Waals surface area contributed by atoms with Gasteiger partial charge in [0.1, 0.15) is 0 Å². The molecule has 1 aromatic heterocycles. The van der Waals surface area contributed by atoms with E-state index in [2.05, 4.69) is 16.8 Å². The van der Waals surface area contributed by atoms with Crippen LogP contribution in [0.1, 0.15) is 29.7 Å². The van der Waals surface area contributed by atoms with Crippen LogP contribution < -0.4 is 11.1 Å². The zero-order valence-electron chi connectivity index (χ0n) is 12.0. The third kappa shape index (κ3) is 5.30. The fraction of sp³-hybridized carbons (Fsp3) is 0.571. The minimum absolute atomic E-state index is 0. The van der Waals surface area contributed by atoms with E-state index in [1.54, 1.807) is 11.3 Å². The summed E-state index contributed by atoms with van der Waals surface area (Å²) in [6.45, 7) is 2.61.